The van der Waals surface area contributed by atoms with Gasteiger partial charge < -0.3 is 14.8 Å². The van der Waals surface area contributed by atoms with Gasteiger partial charge in [0, 0.05) is 12.6 Å². The number of halogens is 1. The third kappa shape index (κ3) is 7.73. The topological polar surface area (TPSA) is 47.6 Å². The van der Waals surface area contributed by atoms with Crippen LogP contribution in [0.25, 0.3) is 0 Å². The highest BCUT2D eigenvalue weighted by molar-refractivity contribution is 9.10. The summed E-state index contributed by atoms with van der Waals surface area (Å²) in [5.41, 5.74) is -0.935. The number of ether oxygens (including phenoxy) is 2. The van der Waals surface area contributed by atoms with Crippen molar-refractivity contribution < 1.29 is 14.3 Å². The smallest absolute Gasteiger partial charge is 0.263 e. The summed E-state index contributed by atoms with van der Waals surface area (Å²) in [5.74, 6) is 1.71. The van der Waals surface area contributed by atoms with Crippen molar-refractivity contribution in [3.05, 3.63) is 22.7 Å². The van der Waals surface area contributed by atoms with E-state index in [1.165, 1.54) is 0 Å². The van der Waals surface area contributed by atoms with Crippen LogP contribution in [0.3, 0.4) is 0 Å². The lowest BCUT2D eigenvalue weighted by atomic mass is 10.1. The Morgan fingerprint density at radius 1 is 1.30 bits per heavy atom. The number of carbonyl (C=O) groups is 1. The molecule has 0 aliphatic rings. The van der Waals surface area contributed by atoms with Gasteiger partial charge in [0.2, 0.25) is 0 Å². The highest BCUT2D eigenvalue weighted by Gasteiger charge is 2.29. The molecule has 1 N–H and O–H groups in total. The molecule has 0 spiro atoms. The van der Waals surface area contributed by atoms with E-state index >= 15 is 0 Å². The predicted molar refractivity (Wildman–Crippen MR) is 99.2 cm³/mol. The van der Waals surface area contributed by atoms with E-state index < -0.39 is 5.60 Å². The summed E-state index contributed by atoms with van der Waals surface area (Å²) in [6.07, 6.45) is 0.952. The summed E-state index contributed by atoms with van der Waals surface area (Å²) in [7, 11) is 1.59. The maximum atomic E-state index is 12.2. The first-order valence-electron chi connectivity index (χ1n) is 8.07. The van der Waals surface area contributed by atoms with Gasteiger partial charge in [-0.05, 0) is 54.2 Å². The van der Waals surface area contributed by atoms with E-state index in [0.717, 1.165) is 10.9 Å². The summed E-state index contributed by atoms with van der Waals surface area (Å²) in [5, 5.41) is 2.91. The van der Waals surface area contributed by atoms with Crippen LogP contribution in [0, 0.1) is 5.92 Å². The minimum absolute atomic E-state index is 0.120. The van der Waals surface area contributed by atoms with E-state index in [4.69, 9.17) is 9.47 Å². The van der Waals surface area contributed by atoms with Crippen molar-refractivity contribution in [2.45, 2.75) is 53.6 Å². The van der Waals surface area contributed by atoms with Gasteiger partial charge in [-0.15, -0.1) is 0 Å². The molecule has 0 unspecified atom stereocenters. The molecule has 1 rings (SSSR count). The molecule has 0 saturated heterocycles. The van der Waals surface area contributed by atoms with Gasteiger partial charge in [-0.1, -0.05) is 27.7 Å². The fourth-order valence-corrected chi connectivity index (χ4v) is 2.14. The number of nitrogens with one attached hydrogen (secondary N) is 1. The second-order valence-electron chi connectivity index (χ2n) is 5.85. The van der Waals surface area contributed by atoms with Gasteiger partial charge in [0.25, 0.3) is 5.91 Å². The van der Waals surface area contributed by atoms with Crippen LogP contribution < -0.4 is 14.8 Å². The fourth-order valence-electron chi connectivity index (χ4n) is 1.73. The maximum absolute atomic E-state index is 12.2. The minimum atomic E-state index is -0.935. The SMILES string of the molecule is CC.COc1cc(OC(C)(C)C(=O)NCCC(C)C)ccc1Br. The molecule has 0 radical (unpaired) electrons. The van der Waals surface area contributed by atoms with Gasteiger partial charge in [0.05, 0.1) is 11.6 Å². The van der Waals surface area contributed by atoms with Crippen LogP contribution in [0.15, 0.2) is 22.7 Å². The summed E-state index contributed by atoms with van der Waals surface area (Å²) in [6.45, 7) is 12.4. The fraction of sp³-hybridized carbons (Fsp3) is 0.611. The Balaban J connectivity index is 0.00000232. The van der Waals surface area contributed by atoms with Gasteiger partial charge >= 0.3 is 0 Å². The number of benzene rings is 1. The Labute approximate surface area is 149 Å². The van der Waals surface area contributed by atoms with Crippen LogP contribution >= 0.6 is 15.9 Å². The molecule has 0 fully saturated rings. The number of hydrogen-bond acceptors (Lipinski definition) is 3. The molecule has 0 aromatic heterocycles. The highest BCUT2D eigenvalue weighted by atomic mass is 79.9. The third-order valence-electron chi connectivity index (χ3n) is 3.05. The van der Waals surface area contributed by atoms with Crippen LogP contribution in [-0.4, -0.2) is 25.2 Å². The van der Waals surface area contributed by atoms with Crippen molar-refractivity contribution in [2.24, 2.45) is 5.92 Å². The quantitative estimate of drug-likeness (QED) is 0.730. The van der Waals surface area contributed by atoms with Gasteiger partial charge in [0.15, 0.2) is 5.60 Å². The Hall–Kier alpha value is -1.23. The molecular formula is C18H30BrNO3. The number of rotatable bonds is 7. The lowest BCUT2D eigenvalue weighted by molar-refractivity contribution is -0.134. The number of amides is 1. The maximum Gasteiger partial charge on any atom is 0.263 e. The third-order valence-corrected chi connectivity index (χ3v) is 3.70. The molecule has 0 bridgehead atoms. The molecule has 1 amide bonds. The molecule has 0 aliphatic heterocycles. The monoisotopic (exact) mass is 387 g/mol. The first-order valence-corrected chi connectivity index (χ1v) is 8.86. The Morgan fingerprint density at radius 2 is 1.91 bits per heavy atom. The van der Waals surface area contributed by atoms with Crippen LogP contribution in [0.2, 0.25) is 0 Å². The Morgan fingerprint density at radius 3 is 2.43 bits per heavy atom. The molecular weight excluding hydrogens is 358 g/mol. The predicted octanol–water partition coefficient (Wildman–Crippen LogP) is 4.80. The van der Waals surface area contributed by atoms with E-state index in [0.29, 0.717) is 24.0 Å². The Kier molecular flexibility index (Phi) is 9.96. The molecule has 1 aromatic carbocycles. The van der Waals surface area contributed by atoms with Crippen LogP contribution in [0.5, 0.6) is 11.5 Å². The largest absolute Gasteiger partial charge is 0.495 e. The van der Waals surface area contributed by atoms with Crippen molar-refractivity contribution in [3.63, 3.8) is 0 Å². The lowest BCUT2D eigenvalue weighted by Crippen LogP contribution is -2.46. The average Bonchev–Trinajstić information content (AvgIpc) is 2.50. The van der Waals surface area contributed by atoms with Crippen molar-refractivity contribution >= 4 is 21.8 Å². The zero-order valence-corrected chi connectivity index (χ0v) is 16.9. The van der Waals surface area contributed by atoms with E-state index in [1.807, 2.05) is 19.9 Å². The normalized spacial score (nSPS) is 10.7. The van der Waals surface area contributed by atoms with Gasteiger partial charge in [0.1, 0.15) is 11.5 Å². The number of carbonyl (C=O) groups excluding carboxylic acids is 1. The van der Waals surface area contributed by atoms with Crippen molar-refractivity contribution in [2.75, 3.05) is 13.7 Å². The first-order chi connectivity index (χ1) is 10.8. The highest BCUT2D eigenvalue weighted by Crippen LogP contribution is 2.30. The molecule has 5 heteroatoms. The number of methoxy groups -OCH3 is 1. The standard InChI is InChI=1S/C16H24BrNO3.C2H6/c1-11(2)8-9-18-15(19)16(3,4)21-12-6-7-13(17)14(10-12)20-5;1-2/h6-7,10-11H,8-9H2,1-5H3,(H,18,19);1-2H3. The summed E-state index contributed by atoms with van der Waals surface area (Å²) in [6, 6.07) is 5.39. The van der Waals surface area contributed by atoms with E-state index in [2.05, 4.69) is 35.1 Å². The molecule has 0 heterocycles. The summed E-state index contributed by atoms with van der Waals surface area (Å²) >= 11 is 3.39. The second kappa shape index (κ2) is 10.5. The van der Waals surface area contributed by atoms with Crippen LogP contribution in [0.1, 0.15) is 48.0 Å². The minimum Gasteiger partial charge on any atom is -0.495 e. The molecule has 0 aliphatic carbocycles. The van der Waals surface area contributed by atoms with Crippen molar-refractivity contribution in [3.8, 4) is 11.5 Å². The van der Waals surface area contributed by atoms with Gasteiger partial charge in [-0.3, -0.25) is 4.79 Å². The molecule has 4 nitrogen and oxygen atoms in total. The molecule has 0 atom stereocenters. The van der Waals surface area contributed by atoms with E-state index in [1.54, 1.807) is 33.1 Å². The van der Waals surface area contributed by atoms with Gasteiger partial charge in [-0.2, -0.15) is 0 Å². The molecule has 0 saturated carbocycles. The van der Waals surface area contributed by atoms with E-state index in [9.17, 15) is 4.79 Å². The summed E-state index contributed by atoms with van der Waals surface area (Å²) in [4.78, 5) is 12.2. The molecule has 1 aromatic rings. The van der Waals surface area contributed by atoms with Crippen LogP contribution in [-0.2, 0) is 4.79 Å². The number of hydrogen-bond donors (Lipinski definition) is 1. The zero-order chi connectivity index (χ0) is 18.0. The first kappa shape index (κ1) is 21.8. The zero-order valence-electron chi connectivity index (χ0n) is 15.3. The van der Waals surface area contributed by atoms with Crippen molar-refractivity contribution in [1.29, 1.82) is 0 Å². The van der Waals surface area contributed by atoms with Crippen LogP contribution in [0.4, 0.5) is 0 Å². The van der Waals surface area contributed by atoms with E-state index in [-0.39, 0.29) is 5.91 Å². The summed E-state index contributed by atoms with van der Waals surface area (Å²) < 4.78 is 11.9. The lowest BCUT2D eigenvalue weighted by Gasteiger charge is -2.25. The molecule has 132 valence electrons. The second-order valence-corrected chi connectivity index (χ2v) is 6.70. The van der Waals surface area contributed by atoms with Crippen molar-refractivity contribution in [1.82, 2.24) is 5.32 Å². The molecule has 23 heavy (non-hydrogen) atoms. The average molecular weight is 388 g/mol. The Bertz CT molecular complexity index is 487. The van der Waals surface area contributed by atoms with Gasteiger partial charge in [-0.25, -0.2) is 0 Å².